The number of benzene rings is 1. The quantitative estimate of drug-likeness (QED) is 0.681. The van der Waals surface area contributed by atoms with Crippen molar-refractivity contribution in [3.8, 4) is 6.07 Å². The van der Waals surface area contributed by atoms with Crippen molar-refractivity contribution in [2.24, 2.45) is 0 Å². The molecule has 5 heteroatoms. The molecule has 0 bridgehead atoms. The van der Waals surface area contributed by atoms with Gasteiger partial charge in [0.2, 0.25) is 0 Å². The number of halogens is 3. The maximum Gasteiger partial charge on any atom is 0.133 e. The van der Waals surface area contributed by atoms with Crippen molar-refractivity contribution >= 4 is 49.5 Å². The van der Waals surface area contributed by atoms with Crippen LogP contribution in [-0.4, -0.2) is 0 Å². The smallest absolute Gasteiger partial charge is 0.133 e. The standard InChI is InChI=1S/C13H6BrClFNS/c14-8-3-4-9(11(16)6-8)13(15)10(7-17)12-2-1-5-18-12/h1-6H/b13-10+. The SMILES string of the molecule is N#C/C(=C(\Cl)c1ccc(Br)cc1F)c1cccs1. The lowest BCUT2D eigenvalue weighted by Gasteiger charge is -2.04. The first kappa shape index (κ1) is 13.3. The average Bonchev–Trinajstić information content (AvgIpc) is 2.83. The van der Waals surface area contributed by atoms with Crippen LogP contribution in [-0.2, 0) is 0 Å². The number of allylic oxidation sites excluding steroid dienone is 1. The maximum absolute atomic E-state index is 13.8. The van der Waals surface area contributed by atoms with E-state index in [2.05, 4.69) is 15.9 Å². The van der Waals surface area contributed by atoms with Gasteiger partial charge in [-0.15, -0.1) is 11.3 Å². The fraction of sp³-hybridized carbons (Fsp3) is 0. The zero-order valence-corrected chi connectivity index (χ0v) is 12.1. The molecule has 0 fully saturated rings. The third kappa shape index (κ3) is 2.64. The lowest BCUT2D eigenvalue weighted by atomic mass is 10.1. The number of hydrogen-bond donors (Lipinski definition) is 0. The Morgan fingerprint density at radius 3 is 2.72 bits per heavy atom. The Hall–Kier alpha value is -1.15. The van der Waals surface area contributed by atoms with Crippen LogP contribution in [0.2, 0.25) is 0 Å². The molecule has 90 valence electrons. The summed E-state index contributed by atoms with van der Waals surface area (Å²) in [6, 6.07) is 10.2. The minimum absolute atomic E-state index is 0.130. The van der Waals surface area contributed by atoms with Gasteiger partial charge in [-0.1, -0.05) is 33.6 Å². The molecule has 1 aromatic heterocycles. The van der Waals surface area contributed by atoms with E-state index in [1.165, 1.54) is 17.4 Å². The van der Waals surface area contributed by atoms with E-state index in [1.807, 2.05) is 17.5 Å². The predicted molar refractivity (Wildman–Crippen MR) is 76.7 cm³/mol. The van der Waals surface area contributed by atoms with E-state index in [4.69, 9.17) is 16.9 Å². The summed E-state index contributed by atoms with van der Waals surface area (Å²) in [5, 5.41) is 11.1. The zero-order chi connectivity index (χ0) is 13.1. The molecule has 1 nitrogen and oxygen atoms in total. The van der Waals surface area contributed by atoms with Crippen LogP contribution in [0.3, 0.4) is 0 Å². The summed E-state index contributed by atoms with van der Waals surface area (Å²) in [6.45, 7) is 0. The average molecular weight is 343 g/mol. The van der Waals surface area contributed by atoms with Gasteiger partial charge in [0.05, 0.1) is 10.6 Å². The Labute approximate surface area is 121 Å². The van der Waals surface area contributed by atoms with Crippen LogP contribution in [0.4, 0.5) is 4.39 Å². The van der Waals surface area contributed by atoms with Gasteiger partial charge in [0, 0.05) is 14.9 Å². The van der Waals surface area contributed by atoms with Gasteiger partial charge < -0.3 is 0 Å². The third-order valence-electron chi connectivity index (χ3n) is 2.27. The lowest BCUT2D eigenvalue weighted by molar-refractivity contribution is 0.624. The van der Waals surface area contributed by atoms with E-state index in [0.29, 0.717) is 4.47 Å². The predicted octanol–water partition coefficient (Wildman–Crippen LogP) is 5.28. The number of hydrogen-bond acceptors (Lipinski definition) is 2. The second-order valence-corrected chi connectivity index (χ2v) is 5.64. The molecule has 2 aromatic rings. The highest BCUT2D eigenvalue weighted by molar-refractivity contribution is 9.10. The van der Waals surface area contributed by atoms with Crippen molar-refractivity contribution < 1.29 is 4.39 Å². The summed E-state index contributed by atoms with van der Waals surface area (Å²) in [7, 11) is 0. The van der Waals surface area contributed by atoms with Gasteiger partial charge in [-0.3, -0.25) is 0 Å². The Bertz CT molecular complexity index is 644. The molecule has 18 heavy (non-hydrogen) atoms. The van der Waals surface area contributed by atoms with E-state index in [1.54, 1.807) is 18.2 Å². The highest BCUT2D eigenvalue weighted by Crippen LogP contribution is 2.33. The van der Waals surface area contributed by atoms with E-state index < -0.39 is 5.82 Å². The number of thiophene rings is 1. The molecule has 0 amide bonds. The van der Waals surface area contributed by atoms with Crippen molar-refractivity contribution in [2.75, 3.05) is 0 Å². The molecule has 0 atom stereocenters. The number of nitriles is 1. The number of rotatable bonds is 2. The van der Waals surface area contributed by atoms with Crippen molar-refractivity contribution in [1.29, 1.82) is 5.26 Å². The fourth-order valence-electron chi connectivity index (χ4n) is 1.44. The van der Waals surface area contributed by atoms with Crippen LogP contribution >= 0.6 is 38.9 Å². The van der Waals surface area contributed by atoms with Crippen LogP contribution in [0.5, 0.6) is 0 Å². The van der Waals surface area contributed by atoms with E-state index >= 15 is 0 Å². The van der Waals surface area contributed by atoms with E-state index in [-0.39, 0.29) is 16.2 Å². The minimum atomic E-state index is -0.460. The first-order chi connectivity index (χ1) is 8.63. The van der Waals surface area contributed by atoms with Gasteiger partial charge >= 0.3 is 0 Å². The zero-order valence-electron chi connectivity index (χ0n) is 8.95. The topological polar surface area (TPSA) is 23.8 Å². The van der Waals surface area contributed by atoms with Gasteiger partial charge in [0.15, 0.2) is 0 Å². The molecule has 0 aliphatic rings. The normalized spacial score (nSPS) is 11.9. The molecule has 2 rings (SSSR count). The lowest BCUT2D eigenvalue weighted by Crippen LogP contribution is -1.88. The van der Waals surface area contributed by atoms with Crippen LogP contribution < -0.4 is 0 Å². The summed E-state index contributed by atoms with van der Waals surface area (Å²) in [5.41, 5.74) is 0.512. The highest BCUT2D eigenvalue weighted by atomic mass is 79.9. The van der Waals surface area contributed by atoms with Gasteiger partial charge in [-0.25, -0.2) is 4.39 Å². The molecule has 0 unspecified atom stereocenters. The summed E-state index contributed by atoms with van der Waals surface area (Å²) < 4.78 is 14.4. The second-order valence-electron chi connectivity index (χ2n) is 3.40. The summed E-state index contributed by atoms with van der Waals surface area (Å²) in [5.74, 6) is -0.460. The van der Waals surface area contributed by atoms with Gasteiger partial charge in [-0.05, 0) is 29.6 Å². The molecule has 0 saturated carbocycles. The van der Waals surface area contributed by atoms with E-state index in [0.717, 1.165) is 4.88 Å². The van der Waals surface area contributed by atoms with Crippen LogP contribution in [0, 0.1) is 17.1 Å². The molecule has 1 aromatic carbocycles. The Morgan fingerprint density at radius 1 is 1.39 bits per heavy atom. The van der Waals surface area contributed by atoms with Crippen molar-refractivity contribution in [3.05, 3.63) is 56.4 Å². The maximum atomic E-state index is 13.8. The summed E-state index contributed by atoms with van der Waals surface area (Å²) in [6.07, 6.45) is 0. The Morgan fingerprint density at radius 2 is 2.17 bits per heavy atom. The highest BCUT2D eigenvalue weighted by Gasteiger charge is 2.14. The van der Waals surface area contributed by atoms with Gasteiger partial charge in [0.1, 0.15) is 11.9 Å². The number of nitrogens with zero attached hydrogens (tertiary/aromatic N) is 1. The monoisotopic (exact) mass is 341 g/mol. The Kier molecular flexibility index (Phi) is 4.18. The molecule has 0 aliphatic heterocycles. The molecule has 0 spiro atoms. The molecular formula is C13H6BrClFNS. The third-order valence-corrected chi connectivity index (χ3v) is 4.04. The summed E-state index contributed by atoms with van der Waals surface area (Å²) in [4.78, 5) is 0.727. The fourth-order valence-corrected chi connectivity index (χ4v) is 2.85. The van der Waals surface area contributed by atoms with E-state index in [9.17, 15) is 4.39 Å². The molecule has 0 N–H and O–H groups in total. The molecular weight excluding hydrogens is 337 g/mol. The van der Waals surface area contributed by atoms with Crippen molar-refractivity contribution in [3.63, 3.8) is 0 Å². The van der Waals surface area contributed by atoms with Crippen LogP contribution in [0.25, 0.3) is 10.6 Å². The largest absolute Gasteiger partial charge is 0.206 e. The first-order valence-corrected chi connectivity index (χ1v) is 6.97. The van der Waals surface area contributed by atoms with Gasteiger partial charge in [0.25, 0.3) is 0 Å². The second kappa shape index (κ2) is 5.66. The Balaban J connectivity index is 2.58. The van der Waals surface area contributed by atoms with Crippen LogP contribution in [0.1, 0.15) is 10.4 Å². The molecule has 0 radical (unpaired) electrons. The minimum Gasteiger partial charge on any atom is -0.206 e. The first-order valence-electron chi connectivity index (χ1n) is 4.92. The van der Waals surface area contributed by atoms with Gasteiger partial charge in [-0.2, -0.15) is 5.26 Å². The molecule has 0 saturated heterocycles. The van der Waals surface area contributed by atoms with Crippen molar-refractivity contribution in [2.45, 2.75) is 0 Å². The summed E-state index contributed by atoms with van der Waals surface area (Å²) >= 11 is 10.7. The van der Waals surface area contributed by atoms with Crippen molar-refractivity contribution in [1.82, 2.24) is 0 Å². The molecule has 0 aliphatic carbocycles. The molecule has 1 heterocycles. The van der Waals surface area contributed by atoms with Crippen LogP contribution in [0.15, 0.2) is 40.2 Å².